The minimum absolute atomic E-state index is 0.0348. The Bertz CT molecular complexity index is 852. The molecule has 2 aromatic rings. The van der Waals surface area contributed by atoms with E-state index in [1.807, 2.05) is 13.8 Å². The Kier molecular flexibility index (Phi) is 6.08. The molecule has 0 unspecified atom stereocenters. The Morgan fingerprint density at radius 3 is 2.12 bits per heavy atom. The lowest BCUT2D eigenvalue weighted by atomic mass is 10.3. The van der Waals surface area contributed by atoms with Gasteiger partial charge >= 0.3 is 0 Å². The Labute approximate surface area is 158 Å². The maximum atomic E-state index is 12.9. The molecule has 25 heavy (non-hydrogen) atoms. The van der Waals surface area contributed by atoms with Crippen molar-refractivity contribution in [3.8, 4) is 11.5 Å². The molecule has 2 rings (SSSR count). The number of anilines is 1. The van der Waals surface area contributed by atoms with Gasteiger partial charge in [-0.3, -0.25) is 4.31 Å². The number of halogens is 2. The molecule has 0 aliphatic carbocycles. The number of methoxy groups -OCH3 is 1. The highest BCUT2D eigenvalue weighted by atomic mass is 35.5. The normalized spacial score (nSPS) is 11.5. The average Bonchev–Trinajstić information content (AvgIpc) is 2.56. The second kappa shape index (κ2) is 7.72. The van der Waals surface area contributed by atoms with Crippen LogP contribution in [0, 0.1) is 0 Å². The Morgan fingerprint density at radius 1 is 1.00 bits per heavy atom. The van der Waals surface area contributed by atoms with Gasteiger partial charge in [0.25, 0.3) is 10.0 Å². The summed E-state index contributed by atoms with van der Waals surface area (Å²) in [5.41, 5.74) is 0.471. The van der Waals surface area contributed by atoms with Crippen molar-refractivity contribution in [2.24, 2.45) is 0 Å². The number of sulfonamides is 1. The van der Waals surface area contributed by atoms with E-state index in [9.17, 15) is 8.42 Å². The molecule has 0 bridgehead atoms. The second-order valence-electron chi connectivity index (χ2n) is 5.53. The highest BCUT2D eigenvalue weighted by Gasteiger charge is 2.26. The molecule has 0 atom stereocenters. The van der Waals surface area contributed by atoms with E-state index in [0.717, 1.165) is 4.31 Å². The Hall–Kier alpha value is -1.63. The van der Waals surface area contributed by atoms with E-state index in [2.05, 4.69) is 0 Å². The van der Waals surface area contributed by atoms with Gasteiger partial charge in [0.2, 0.25) is 0 Å². The van der Waals surface area contributed by atoms with Crippen molar-refractivity contribution in [3.63, 3.8) is 0 Å². The number of rotatable bonds is 6. The molecule has 0 fully saturated rings. The lowest BCUT2D eigenvalue weighted by Crippen LogP contribution is -2.26. The first-order valence-corrected chi connectivity index (χ1v) is 9.65. The SMILES string of the molecule is COc1ccc(S(=O)(=O)N(C)c2ccc(OC(C)C)cc2)c(Cl)c1Cl. The molecule has 0 aliphatic heterocycles. The third-order valence-electron chi connectivity index (χ3n) is 3.44. The smallest absolute Gasteiger partial charge is 0.265 e. The van der Waals surface area contributed by atoms with Crippen LogP contribution < -0.4 is 13.8 Å². The topological polar surface area (TPSA) is 55.8 Å². The number of hydrogen-bond acceptors (Lipinski definition) is 4. The van der Waals surface area contributed by atoms with Gasteiger partial charge in [-0.25, -0.2) is 8.42 Å². The lowest BCUT2D eigenvalue weighted by molar-refractivity contribution is 0.242. The molecule has 0 amide bonds. The lowest BCUT2D eigenvalue weighted by Gasteiger charge is -2.21. The van der Waals surface area contributed by atoms with Crippen LogP contribution in [0.15, 0.2) is 41.3 Å². The predicted molar refractivity (Wildman–Crippen MR) is 101 cm³/mol. The van der Waals surface area contributed by atoms with Crippen LogP contribution in [-0.4, -0.2) is 28.7 Å². The van der Waals surface area contributed by atoms with Crippen molar-refractivity contribution in [1.82, 2.24) is 0 Å². The molecule has 0 aliphatic rings. The number of ether oxygens (including phenoxy) is 2. The first kappa shape index (κ1) is 19.7. The van der Waals surface area contributed by atoms with Gasteiger partial charge in [0.1, 0.15) is 21.4 Å². The van der Waals surface area contributed by atoms with E-state index < -0.39 is 10.0 Å². The molecule has 5 nitrogen and oxygen atoms in total. The minimum Gasteiger partial charge on any atom is -0.495 e. The van der Waals surface area contributed by atoms with Gasteiger partial charge < -0.3 is 9.47 Å². The van der Waals surface area contributed by atoms with Crippen molar-refractivity contribution in [3.05, 3.63) is 46.4 Å². The van der Waals surface area contributed by atoms with Gasteiger partial charge in [0, 0.05) is 7.05 Å². The van der Waals surface area contributed by atoms with Crippen LogP contribution in [0.1, 0.15) is 13.8 Å². The summed E-state index contributed by atoms with van der Waals surface area (Å²) in [7, 11) is -1.01. The molecular formula is C17H19Cl2NO4S. The predicted octanol–water partition coefficient (Wildman–Crippen LogP) is 4.61. The van der Waals surface area contributed by atoms with Crippen LogP contribution in [-0.2, 0) is 10.0 Å². The molecule has 8 heteroatoms. The van der Waals surface area contributed by atoms with E-state index in [0.29, 0.717) is 17.2 Å². The second-order valence-corrected chi connectivity index (χ2v) is 8.22. The summed E-state index contributed by atoms with van der Waals surface area (Å²) in [5, 5.41) is -0.0213. The zero-order chi connectivity index (χ0) is 18.8. The summed E-state index contributed by atoms with van der Waals surface area (Å²) in [6.45, 7) is 3.83. The minimum atomic E-state index is -3.89. The fourth-order valence-corrected chi connectivity index (χ4v) is 4.17. The van der Waals surface area contributed by atoms with Crippen LogP contribution in [0.2, 0.25) is 10.0 Å². The van der Waals surface area contributed by atoms with Crippen LogP contribution in [0.5, 0.6) is 11.5 Å². The fourth-order valence-electron chi connectivity index (χ4n) is 2.16. The third-order valence-corrected chi connectivity index (χ3v) is 6.25. The molecule has 0 spiro atoms. The molecule has 0 saturated carbocycles. The Balaban J connectivity index is 2.38. The molecule has 0 radical (unpaired) electrons. The van der Waals surface area contributed by atoms with Crippen molar-refractivity contribution in [2.45, 2.75) is 24.8 Å². The maximum absolute atomic E-state index is 12.9. The largest absolute Gasteiger partial charge is 0.495 e. The van der Waals surface area contributed by atoms with Crippen molar-refractivity contribution >= 4 is 38.9 Å². The number of nitrogens with zero attached hydrogens (tertiary/aromatic N) is 1. The standard InChI is InChI=1S/C17H19Cl2NO4S/c1-11(2)24-13-7-5-12(6-8-13)20(3)25(21,22)15-10-9-14(23-4)16(18)17(15)19/h5-11H,1-4H3. The summed E-state index contributed by atoms with van der Waals surface area (Å²) < 4.78 is 37.5. The van der Waals surface area contributed by atoms with Gasteiger partial charge in [-0.05, 0) is 50.2 Å². The van der Waals surface area contributed by atoms with E-state index in [4.69, 9.17) is 32.7 Å². The summed E-state index contributed by atoms with van der Waals surface area (Å²) in [4.78, 5) is -0.0926. The van der Waals surface area contributed by atoms with Crippen LogP contribution in [0.25, 0.3) is 0 Å². The highest BCUT2D eigenvalue weighted by molar-refractivity contribution is 7.93. The van der Waals surface area contributed by atoms with Crippen LogP contribution >= 0.6 is 23.2 Å². The van der Waals surface area contributed by atoms with Gasteiger partial charge in [-0.1, -0.05) is 23.2 Å². The first-order chi connectivity index (χ1) is 11.7. The van der Waals surface area contributed by atoms with E-state index in [1.54, 1.807) is 24.3 Å². The molecule has 0 saturated heterocycles. The molecule has 136 valence electrons. The van der Waals surface area contributed by atoms with Gasteiger partial charge in [-0.2, -0.15) is 0 Å². The fraction of sp³-hybridized carbons (Fsp3) is 0.294. The van der Waals surface area contributed by atoms with Gasteiger partial charge in [-0.15, -0.1) is 0 Å². The summed E-state index contributed by atoms with van der Waals surface area (Å²) in [6.07, 6.45) is 0.0348. The summed E-state index contributed by atoms with van der Waals surface area (Å²) in [5.74, 6) is 0.971. The zero-order valence-electron chi connectivity index (χ0n) is 14.3. The van der Waals surface area contributed by atoms with Crippen molar-refractivity contribution in [1.29, 1.82) is 0 Å². The van der Waals surface area contributed by atoms with E-state index >= 15 is 0 Å². The molecule has 2 aromatic carbocycles. The van der Waals surface area contributed by atoms with Crippen LogP contribution in [0.3, 0.4) is 0 Å². The van der Waals surface area contributed by atoms with Crippen molar-refractivity contribution in [2.75, 3.05) is 18.5 Å². The number of benzene rings is 2. The van der Waals surface area contributed by atoms with Gasteiger partial charge in [0.15, 0.2) is 0 Å². The van der Waals surface area contributed by atoms with Crippen LogP contribution in [0.4, 0.5) is 5.69 Å². The highest BCUT2D eigenvalue weighted by Crippen LogP contribution is 2.38. The monoisotopic (exact) mass is 403 g/mol. The molecule has 0 heterocycles. The summed E-state index contributed by atoms with van der Waals surface area (Å²) in [6, 6.07) is 9.58. The molecule has 0 aromatic heterocycles. The van der Waals surface area contributed by atoms with Crippen molar-refractivity contribution < 1.29 is 17.9 Å². The van der Waals surface area contributed by atoms with Gasteiger partial charge in [0.05, 0.1) is 23.9 Å². The number of hydrogen-bond donors (Lipinski definition) is 0. The van der Waals surface area contributed by atoms with E-state index in [-0.39, 0.29) is 21.0 Å². The third kappa shape index (κ3) is 4.14. The van der Waals surface area contributed by atoms with E-state index in [1.165, 1.54) is 26.3 Å². The average molecular weight is 404 g/mol. The molecule has 0 N–H and O–H groups in total. The zero-order valence-corrected chi connectivity index (χ0v) is 16.6. The quantitative estimate of drug-likeness (QED) is 0.706. The maximum Gasteiger partial charge on any atom is 0.265 e. The first-order valence-electron chi connectivity index (χ1n) is 7.46. The Morgan fingerprint density at radius 2 is 1.60 bits per heavy atom. The molecular weight excluding hydrogens is 385 g/mol. The summed E-state index contributed by atoms with van der Waals surface area (Å²) >= 11 is 12.2.